The summed E-state index contributed by atoms with van der Waals surface area (Å²) >= 11 is -0.473. The third-order valence-corrected chi connectivity index (χ3v) is 3.72. The third-order valence-electron chi connectivity index (χ3n) is 0.629. The van der Waals surface area contributed by atoms with Crippen LogP contribution in [0.5, 0.6) is 0 Å². The molecule has 0 bridgehead atoms. The summed E-state index contributed by atoms with van der Waals surface area (Å²) in [5, 5.41) is 0. The summed E-state index contributed by atoms with van der Waals surface area (Å²) in [7, 11) is 0. The van der Waals surface area contributed by atoms with Crippen molar-refractivity contribution in [2.75, 3.05) is 0 Å². The van der Waals surface area contributed by atoms with Crippen molar-refractivity contribution < 1.29 is 18.2 Å². The van der Waals surface area contributed by atoms with Crippen LogP contribution in [-0.2, 0) is 18.2 Å². The van der Waals surface area contributed by atoms with E-state index in [1.165, 1.54) is 0 Å². The Labute approximate surface area is 118 Å². The Bertz CT molecular complexity index is 183. The van der Waals surface area contributed by atoms with Crippen molar-refractivity contribution in [1.82, 2.24) is 0 Å². The van der Waals surface area contributed by atoms with Gasteiger partial charge in [-0.2, -0.15) is 12.8 Å². The minimum absolute atomic E-state index is 0.108. The molecular formula is C14H32MoN2. The van der Waals surface area contributed by atoms with Gasteiger partial charge in [-0.05, 0) is 0 Å². The first kappa shape index (κ1) is 22.5. The van der Waals surface area contributed by atoms with Crippen LogP contribution in [0.2, 0.25) is 0 Å². The van der Waals surface area contributed by atoms with E-state index in [0.717, 1.165) is 12.8 Å². The van der Waals surface area contributed by atoms with E-state index in [1.807, 2.05) is 13.8 Å². The molecular weight excluding hydrogens is 292 g/mol. The zero-order valence-electron chi connectivity index (χ0n) is 13.1. The molecule has 0 aromatic rings. The van der Waals surface area contributed by atoms with Gasteiger partial charge < -0.3 is 13.8 Å². The maximum atomic E-state index is 4.51. The first-order valence-corrected chi connectivity index (χ1v) is 8.02. The van der Waals surface area contributed by atoms with Crippen LogP contribution in [0.4, 0.5) is 0 Å². The van der Waals surface area contributed by atoms with Crippen LogP contribution in [0.3, 0.4) is 0 Å². The molecule has 0 amide bonds. The van der Waals surface area contributed by atoms with E-state index < -0.39 is 18.2 Å². The van der Waals surface area contributed by atoms with Gasteiger partial charge in [0, 0.05) is 0 Å². The molecule has 3 heteroatoms. The molecule has 0 aromatic heterocycles. The largest absolute Gasteiger partial charge is 0.344 e. The Balaban J connectivity index is -0.000000273. The molecule has 2 nitrogen and oxygen atoms in total. The topological polar surface area (TPSA) is 24.7 Å². The van der Waals surface area contributed by atoms with E-state index in [9.17, 15) is 0 Å². The van der Waals surface area contributed by atoms with Crippen molar-refractivity contribution in [3.05, 3.63) is 13.8 Å². The first-order chi connectivity index (χ1) is 7.54. The monoisotopic (exact) mass is 326 g/mol. The van der Waals surface area contributed by atoms with Crippen molar-refractivity contribution in [2.24, 2.45) is 6.99 Å². The van der Waals surface area contributed by atoms with E-state index in [-0.39, 0.29) is 11.1 Å². The van der Waals surface area contributed by atoms with Gasteiger partial charge in [-0.1, -0.05) is 13.8 Å². The fraction of sp³-hybridized carbons (Fsp3) is 0.857. The number of hydrogen-bond acceptors (Lipinski definition) is 2. The quantitative estimate of drug-likeness (QED) is 0.415. The van der Waals surface area contributed by atoms with Crippen LogP contribution < -0.4 is 0 Å². The van der Waals surface area contributed by atoms with Crippen molar-refractivity contribution >= 4 is 0 Å². The van der Waals surface area contributed by atoms with Crippen molar-refractivity contribution in [2.45, 2.75) is 79.3 Å². The minimum Gasteiger partial charge on any atom is -0.344 e. The first-order valence-electron chi connectivity index (χ1n) is 6.23. The standard InChI is InChI=1S/2C4H9N.2C3H7.Mo/c2*1-4(2,3)5;2*1-3-2;/h2*1-3H3;2*1,3H2,2H3;/q;;2*-1;+2. The van der Waals surface area contributed by atoms with Gasteiger partial charge in [0.15, 0.2) is 0 Å². The molecule has 17 heavy (non-hydrogen) atoms. The average molecular weight is 324 g/mol. The summed E-state index contributed by atoms with van der Waals surface area (Å²) in [6, 6.07) is 0. The Morgan fingerprint density at radius 2 is 0.941 bits per heavy atom. The summed E-state index contributed by atoms with van der Waals surface area (Å²) in [4.78, 5) is 0. The maximum absolute atomic E-state index is 4.51. The second-order valence-electron chi connectivity index (χ2n) is 5.61. The molecule has 0 unspecified atom stereocenters. The van der Waals surface area contributed by atoms with Crippen LogP contribution in [0.15, 0.2) is 6.99 Å². The second kappa shape index (κ2) is 12.7. The molecule has 0 aliphatic heterocycles. The molecule has 0 heterocycles. The molecule has 0 saturated carbocycles. The fourth-order valence-corrected chi connectivity index (χ4v) is 1.57. The van der Waals surface area contributed by atoms with Gasteiger partial charge >= 0.3 is 77.8 Å². The number of rotatable bonds is 0. The van der Waals surface area contributed by atoms with Crippen LogP contribution in [-0.4, -0.2) is 11.1 Å². The predicted octanol–water partition coefficient (Wildman–Crippen LogP) is 5.49. The molecule has 0 aliphatic rings. The zero-order chi connectivity index (χ0) is 14.5. The smallest absolute Gasteiger partial charge is 0.0927 e. The van der Waals surface area contributed by atoms with Gasteiger partial charge in [-0.25, -0.2) is 0 Å². The van der Waals surface area contributed by atoms with Gasteiger partial charge in [0.05, 0.1) is 0 Å². The molecule has 104 valence electrons. The van der Waals surface area contributed by atoms with Gasteiger partial charge in [-0.3, -0.25) is 0 Å². The summed E-state index contributed by atoms with van der Waals surface area (Å²) in [6.07, 6.45) is 2.00. The molecule has 0 radical (unpaired) electrons. The maximum Gasteiger partial charge on any atom is -0.0927 e. The van der Waals surface area contributed by atoms with Crippen molar-refractivity contribution in [3.8, 4) is 0 Å². The summed E-state index contributed by atoms with van der Waals surface area (Å²) < 4.78 is 9.01. The van der Waals surface area contributed by atoms with E-state index in [4.69, 9.17) is 0 Å². The summed E-state index contributed by atoms with van der Waals surface area (Å²) in [6.45, 7) is 23.7. The molecule has 0 saturated heterocycles. The van der Waals surface area contributed by atoms with E-state index in [2.05, 4.69) is 62.4 Å². The molecule has 0 spiro atoms. The fourth-order valence-electron chi connectivity index (χ4n) is 0.265. The average Bonchev–Trinajstić information content (AvgIpc) is 2.01. The normalized spacial score (nSPS) is 10.0. The molecule has 0 fully saturated rings. The summed E-state index contributed by atoms with van der Waals surface area (Å²) in [5.74, 6) is 0. The van der Waals surface area contributed by atoms with Gasteiger partial charge in [-0.15, -0.1) is 0 Å². The van der Waals surface area contributed by atoms with Crippen LogP contribution >= 0.6 is 0 Å². The van der Waals surface area contributed by atoms with Crippen LogP contribution in [0.1, 0.15) is 68.2 Å². The van der Waals surface area contributed by atoms with Gasteiger partial charge in [0.2, 0.25) is 0 Å². The molecule has 0 atom stereocenters. The van der Waals surface area contributed by atoms with E-state index in [1.54, 1.807) is 0 Å². The number of nitrogens with zero attached hydrogens (tertiary/aromatic N) is 2. The Morgan fingerprint density at radius 3 is 1.06 bits per heavy atom. The predicted molar refractivity (Wildman–Crippen MR) is 75.7 cm³/mol. The second-order valence-corrected chi connectivity index (χ2v) is 6.90. The number of hydrogen-bond donors (Lipinski definition) is 0. The van der Waals surface area contributed by atoms with E-state index in [0.29, 0.717) is 0 Å². The Hall–Kier alpha value is 0.288. The minimum atomic E-state index is -0.473. The van der Waals surface area contributed by atoms with Crippen LogP contribution in [0, 0.1) is 13.8 Å². The molecule has 0 aromatic carbocycles. The van der Waals surface area contributed by atoms with E-state index >= 15 is 0 Å². The van der Waals surface area contributed by atoms with Gasteiger partial charge in [0.1, 0.15) is 0 Å². The van der Waals surface area contributed by atoms with Gasteiger partial charge in [0.25, 0.3) is 0 Å². The zero-order valence-corrected chi connectivity index (χ0v) is 15.1. The van der Waals surface area contributed by atoms with Crippen molar-refractivity contribution in [1.29, 1.82) is 0 Å². The van der Waals surface area contributed by atoms with Crippen molar-refractivity contribution in [3.63, 3.8) is 0 Å². The molecule has 0 N–H and O–H groups in total. The van der Waals surface area contributed by atoms with Crippen LogP contribution in [0.25, 0.3) is 0 Å². The summed E-state index contributed by atoms with van der Waals surface area (Å²) in [5.41, 5.74) is 0.216. The molecule has 0 rings (SSSR count). The third kappa shape index (κ3) is 48.4. The Morgan fingerprint density at radius 1 is 0.765 bits per heavy atom. The Kier molecular flexibility index (Phi) is 16.8. The SMILES string of the molecule is CC(C)(C)[N]=[Mo+2]=[N]C(C)(C)C.[CH2-]CC.[CH2-]CC. The molecule has 0 aliphatic carbocycles.